The largest absolute Gasteiger partial charge is 0.494 e. The summed E-state index contributed by atoms with van der Waals surface area (Å²) < 4.78 is 10.8. The number of nitrogen functional groups attached to an aromatic ring is 1. The number of aromatic carboxylic acids is 1. The van der Waals surface area contributed by atoms with Crippen molar-refractivity contribution in [1.29, 1.82) is 0 Å². The third kappa shape index (κ3) is 3.72. The number of carboxylic acids is 1. The Kier molecular flexibility index (Phi) is 4.80. The smallest absolute Gasteiger partial charge is 0.372 e. The molecule has 0 bridgehead atoms. The van der Waals surface area contributed by atoms with E-state index in [0.717, 1.165) is 10.6 Å². The van der Waals surface area contributed by atoms with E-state index in [0.29, 0.717) is 29.4 Å². The maximum atomic E-state index is 10.9. The highest BCUT2D eigenvalue weighted by Gasteiger charge is 2.14. The number of benzene rings is 1. The summed E-state index contributed by atoms with van der Waals surface area (Å²) in [6.45, 7) is 4.22. The maximum absolute atomic E-state index is 10.9. The molecule has 6 heteroatoms. The molecule has 0 fully saturated rings. The first-order valence-corrected chi connectivity index (χ1v) is 7.47. The Morgan fingerprint density at radius 1 is 1.43 bits per heavy atom. The fraction of sp³-hybridized carbons (Fsp3) is 0.267. The summed E-state index contributed by atoms with van der Waals surface area (Å²) in [5, 5.41) is 8.97. The summed E-state index contributed by atoms with van der Waals surface area (Å²) in [7, 11) is 0. The first-order valence-electron chi connectivity index (χ1n) is 6.49. The number of nitrogens with two attached hydrogens (primary N) is 1. The number of carboxylic acid groups (broad SMARTS) is 1. The molecule has 0 saturated heterocycles. The zero-order valence-corrected chi connectivity index (χ0v) is 12.7. The maximum Gasteiger partial charge on any atom is 0.372 e. The van der Waals surface area contributed by atoms with Crippen molar-refractivity contribution in [2.75, 3.05) is 12.3 Å². The van der Waals surface area contributed by atoms with E-state index in [2.05, 4.69) is 0 Å². The second-order valence-electron chi connectivity index (χ2n) is 4.45. The van der Waals surface area contributed by atoms with Gasteiger partial charge in [-0.1, -0.05) is 0 Å². The van der Waals surface area contributed by atoms with E-state index in [-0.39, 0.29) is 5.76 Å². The molecule has 0 radical (unpaired) electrons. The quantitative estimate of drug-likeness (QED) is 0.627. The van der Waals surface area contributed by atoms with Gasteiger partial charge in [0.15, 0.2) is 0 Å². The van der Waals surface area contributed by atoms with Crippen LogP contribution in [0.5, 0.6) is 5.75 Å². The number of hydrogen-bond acceptors (Lipinski definition) is 5. The molecule has 0 aliphatic heterocycles. The number of carbonyl (C=O) groups is 1. The third-order valence-corrected chi connectivity index (χ3v) is 3.92. The lowest BCUT2D eigenvalue weighted by atomic mass is 10.3. The van der Waals surface area contributed by atoms with Crippen molar-refractivity contribution in [3.05, 3.63) is 41.3 Å². The number of anilines is 1. The first kappa shape index (κ1) is 15.3. The molecule has 0 atom stereocenters. The highest BCUT2D eigenvalue weighted by molar-refractivity contribution is 7.98. The van der Waals surface area contributed by atoms with Crippen LogP contribution in [0.15, 0.2) is 33.6 Å². The van der Waals surface area contributed by atoms with E-state index in [1.807, 2.05) is 19.1 Å². The average molecular weight is 307 g/mol. The summed E-state index contributed by atoms with van der Waals surface area (Å²) in [6, 6.07) is 7.22. The summed E-state index contributed by atoms with van der Waals surface area (Å²) in [5.74, 6) is 0.809. The predicted molar refractivity (Wildman–Crippen MR) is 82.0 cm³/mol. The Bertz CT molecular complexity index is 651. The van der Waals surface area contributed by atoms with Gasteiger partial charge in [0, 0.05) is 16.1 Å². The molecular formula is C15H17NO4S. The van der Waals surface area contributed by atoms with Crippen molar-refractivity contribution in [3.63, 3.8) is 0 Å². The number of rotatable bonds is 6. The standard InChI is InChI=1S/C15H17NO4S/c1-3-19-10-4-5-12(16)13(7-10)21-8-11-6-9(2)14(20-11)15(17)18/h4-7H,3,8,16H2,1-2H3,(H,17,18). The number of aryl methyl sites for hydroxylation is 1. The summed E-state index contributed by atoms with van der Waals surface area (Å²) in [5.41, 5.74) is 7.21. The van der Waals surface area contributed by atoms with E-state index >= 15 is 0 Å². The van der Waals surface area contributed by atoms with Crippen molar-refractivity contribution < 1.29 is 19.1 Å². The predicted octanol–water partition coefficient (Wildman–Crippen LogP) is 3.56. The second-order valence-corrected chi connectivity index (χ2v) is 5.47. The molecule has 1 heterocycles. The lowest BCUT2D eigenvalue weighted by molar-refractivity contribution is 0.0659. The summed E-state index contributed by atoms with van der Waals surface area (Å²) in [6.07, 6.45) is 0. The van der Waals surface area contributed by atoms with E-state index < -0.39 is 5.97 Å². The van der Waals surface area contributed by atoms with Gasteiger partial charge >= 0.3 is 5.97 Å². The number of hydrogen-bond donors (Lipinski definition) is 2. The second kappa shape index (κ2) is 6.58. The van der Waals surface area contributed by atoms with E-state index in [9.17, 15) is 4.79 Å². The van der Waals surface area contributed by atoms with E-state index in [1.54, 1.807) is 19.1 Å². The molecule has 2 rings (SSSR count). The van der Waals surface area contributed by atoms with Crippen molar-refractivity contribution in [1.82, 2.24) is 0 Å². The fourth-order valence-corrected chi connectivity index (χ4v) is 2.75. The topological polar surface area (TPSA) is 85.7 Å². The van der Waals surface area contributed by atoms with Crippen molar-refractivity contribution >= 4 is 23.4 Å². The Morgan fingerprint density at radius 2 is 2.19 bits per heavy atom. The lowest BCUT2D eigenvalue weighted by Gasteiger charge is -2.08. The van der Waals surface area contributed by atoms with Crippen LogP contribution in [0.1, 0.15) is 28.8 Å². The Balaban J connectivity index is 2.10. The molecule has 2 aromatic rings. The number of thioether (sulfide) groups is 1. The molecule has 1 aromatic heterocycles. The van der Waals surface area contributed by atoms with Crippen LogP contribution in [-0.4, -0.2) is 17.7 Å². The van der Waals surface area contributed by atoms with Crippen molar-refractivity contribution in [2.45, 2.75) is 24.5 Å². The lowest BCUT2D eigenvalue weighted by Crippen LogP contribution is -1.95. The van der Waals surface area contributed by atoms with Gasteiger partial charge in [-0.15, -0.1) is 11.8 Å². The molecule has 0 aliphatic carbocycles. The van der Waals surface area contributed by atoms with E-state index in [1.165, 1.54) is 11.8 Å². The molecule has 112 valence electrons. The molecule has 0 unspecified atom stereocenters. The Labute approximate surface area is 127 Å². The van der Waals surface area contributed by atoms with Crippen LogP contribution >= 0.6 is 11.8 Å². The van der Waals surface area contributed by atoms with Gasteiger partial charge < -0.3 is 20.0 Å². The molecular weight excluding hydrogens is 290 g/mol. The van der Waals surface area contributed by atoms with Crippen LogP contribution in [0.3, 0.4) is 0 Å². The normalized spacial score (nSPS) is 10.6. The van der Waals surface area contributed by atoms with Crippen LogP contribution in [0, 0.1) is 6.92 Å². The van der Waals surface area contributed by atoms with Gasteiger partial charge in [0.05, 0.1) is 12.4 Å². The molecule has 21 heavy (non-hydrogen) atoms. The molecule has 0 aliphatic rings. The number of furan rings is 1. The highest BCUT2D eigenvalue weighted by Crippen LogP contribution is 2.32. The minimum Gasteiger partial charge on any atom is -0.494 e. The van der Waals surface area contributed by atoms with Gasteiger partial charge in [-0.25, -0.2) is 4.79 Å². The zero-order chi connectivity index (χ0) is 15.4. The molecule has 0 spiro atoms. The summed E-state index contributed by atoms with van der Waals surface area (Å²) >= 11 is 1.48. The number of ether oxygens (including phenoxy) is 1. The van der Waals surface area contributed by atoms with Gasteiger partial charge in [-0.05, 0) is 38.1 Å². The molecule has 0 saturated carbocycles. The van der Waals surface area contributed by atoms with Gasteiger partial charge in [0.1, 0.15) is 11.5 Å². The van der Waals surface area contributed by atoms with Crippen LogP contribution < -0.4 is 10.5 Å². The minimum atomic E-state index is -1.05. The average Bonchev–Trinajstić information content (AvgIpc) is 2.81. The van der Waals surface area contributed by atoms with Gasteiger partial charge in [0.2, 0.25) is 5.76 Å². The zero-order valence-electron chi connectivity index (χ0n) is 11.9. The third-order valence-electron chi connectivity index (χ3n) is 2.83. The molecule has 5 nitrogen and oxygen atoms in total. The Hall–Kier alpha value is -2.08. The molecule has 0 amide bonds. The monoisotopic (exact) mass is 307 g/mol. The molecule has 1 aromatic carbocycles. The van der Waals surface area contributed by atoms with Crippen molar-refractivity contribution in [2.24, 2.45) is 0 Å². The van der Waals surface area contributed by atoms with Gasteiger partial charge in [0.25, 0.3) is 0 Å². The fourth-order valence-electron chi connectivity index (χ4n) is 1.88. The van der Waals surface area contributed by atoms with E-state index in [4.69, 9.17) is 20.0 Å². The van der Waals surface area contributed by atoms with Crippen LogP contribution in [0.25, 0.3) is 0 Å². The summed E-state index contributed by atoms with van der Waals surface area (Å²) in [4.78, 5) is 11.8. The SMILES string of the molecule is CCOc1ccc(N)c(SCc2cc(C)c(C(=O)O)o2)c1. The van der Waals surface area contributed by atoms with Crippen LogP contribution in [0.4, 0.5) is 5.69 Å². The van der Waals surface area contributed by atoms with Gasteiger partial charge in [-0.2, -0.15) is 0 Å². The van der Waals surface area contributed by atoms with Gasteiger partial charge in [-0.3, -0.25) is 0 Å². The van der Waals surface area contributed by atoms with Crippen LogP contribution in [0.2, 0.25) is 0 Å². The van der Waals surface area contributed by atoms with Crippen molar-refractivity contribution in [3.8, 4) is 5.75 Å². The minimum absolute atomic E-state index is 0.0124. The van der Waals surface area contributed by atoms with Crippen LogP contribution in [-0.2, 0) is 5.75 Å². The first-order chi connectivity index (χ1) is 10.0. The Morgan fingerprint density at radius 3 is 2.81 bits per heavy atom. The highest BCUT2D eigenvalue weighted by atomic mass is 32.2. The molecule has 3 N–H and O–H groups in total.